The first-order valence-corrected chi connectivity index (χ1v) is 10.4. The fourth-order valence-corrected chi connectivity index (χ4v) is 5.26. The fraction of sp³-hybridized carbons (Fsp3) is 0.200. The monoisotopic (exact) mass is 444 g/mol. The summed E-state index contributed by atoms with van der Waals surface area (Å²) < 4.78 is 40.9. The van der Waals surface area contributed by atoms with Gasteiger partial charge in [-0.05, 0) is 45.8 Å². The number of aromatic nitrogens is 3. The Morgan fingerprint density at radius 2 is 2.12 bits per heavy atom. The van der Waals surface area contributed by atoms with Crippen molar-refractivity contribution in [1.82, 2.24) is 19.9 Å². The SMILES string of the molecule is O=S(=O)(NCCc1n[nH]c(Cc2cccc(F)c2)n1)c1ccc(Br)s1. The molecule has 3 aromatic rings. The van der Waals surface area contributed by atoms with Crippen LogP contribution in [0.2, 0.25) is 0 Å². The highest BCUT2D eigenvalue weighted by Crippen LogP contribution is 2.25. The molecule has 0 saturated heterocycles. The van der Waals surface area contributed by atoms with Crippen molar-refractivity contribution in [2.24, 2.45) is 0 Å². The van der Waals surface area contributed by atoms with E-state index in [2.05, 4.69) is 35.8 Å². The molecule has 0 aliphatic rings. The molecule has 0 fully saturated rings. The van der Waals surface area contributed by atoms with Crippen LogP contribution in [0.3, 0.4) is 0 Å². The maximum atomic E-state index is 13.2. The Morgan fingerprint density at radius 3 is 2.84 bits per heavy atom. The highest BCUT2D eigenvalue weighted by Gasteiger charge is 2.16. The standard InChI is InChI=1S/C15H14BrFN4O2S2/c16-12-4-5-15(24-12)25(22,23)18-7-6-13-19-14(21-20-13)9-10-2-1-3-11(17)8-10/h1-5,8,18H,6-7,9H2,(H,19,20,21). The number of halogens is 2. The van der Waals surface area contributed by atoms with Gasteiger partial charge in [-0.15, -0.1) is 11.3 Å². The van der Waals surface area contributed by atoms with E-state index in [9.17, 15) is 12.8 Å². The molecule has 0 amide bonds. The number of aromatic amines is 1. The van der Waals surface area contributed by atoms with Crippen LogP contribution in [0.5, 0.6) is 0 Å². The van der Waals surface area contributed by atoms with Crippen molar-refractivity contribution >= 4 is 37.3 Å². The minimum Gasteiger partial charge on any atom is -0.263 e. The second kappa shape index (κ2) is 7.73. The number of hydrogen-bond donors (Lipinski definition) is 2. The molecular formula is C15H14BrFN4O2S2. The normalized spacial score (nSPS) is 11.8. The summed E-state index contributed by atoms with van der Waals surface area (Å²) in [5.41, 5.74) is 0.784. The lowest BCUT2D eigenvalue weighted by Crippen LogP contribution is -2.25. The Labute approximate surface area is 156 Å². The van der Waals surface area contributed by atoms with E-state index in [0.29, 0.717) is 24.5 Å². The molecule has 2 aromatic heterocycles. The van der Waals surface area contributed by atoms with Crippen molar-refractivity contribution in [1.29, 1.82) is 0 Å². The van der Waals surface area contributed by atoms with E-state index < -0.39 is 10.0 Å². The van der Waals surface area contributed by atoms with Gasteiger partial charge >= 0.3 is 0 Å². The van der Waals surface area contributed by atoms with Crippen LogP contribution in [-0.2, 0) is 22.9 Å². The van der Waals surface area contributed by atoms with Gasteiger partial charge < -0.3 is 0 Å². The van der Waals surface area contributed by atoms with Crippen LogP contribution >= 0.6 is 27.3 Å². The molecule has 3 rings (SSSR count). The van der Waals surface area contributed by atoms with Crippen molar-refractivity contribution in [2.75, 3.05) is 6.54 Å². The summed E-state index contributed by atoms with van der Waals surface area (Å²) in [5.74, 6) is 0.805. The summed E-state index contributed by atoms with van der Waals surface area (Å²) >= 11 is 4.39. The highest BCUT2D eigenvalue weighted by atomic mass is 79.9. The van der Waals surface area contributed by atoms with Crippen LogP contribution in [0, 0.1) is 5.82 Å². The Hall–Kier alpha value is -1.62. The van der Waals surface area contributed by atoms with Gasteiger partial charge in [0, 0.05) is 19.4 Å². The summed E-state index contributed by atoms with van der Waals surface area (Å²) in [6.07, 6.45) is 0.783. The van der Waals surface area contributed by atoms with Gasteiger partial charge in [0.2, 0.25) is 10.0 Å². The molecule has 0 atom stereocenters. The van der Waals surface area contributed by atoms with Gasteiger partial charge in [0.1, 0.15) is 15.9 Å². The van der Waals surface area contributed by atoms with E-state index in [1.807, 2.05) is 0 Å². The van der Waals surface area contributed by atoms with Gasteiger partial charge in [-0.3, -0.25) is 5.10 Å². The third-order valence-corrected chi connectivity index (χ3v) is 6.87. The third-order valence-electron chi connectivity index (χ3n) is 3.29. The second-order valence-electron chi connectivity index (χ2n) is 5.21. The van der Waals surface area contributed by atoms with Gasteiger partial charge in [0.15, 0.2) is 5.82 Å². The Bertz CT molecular complexity index is 971. The van der Waals surface area contributed by atoms with Crippen LogP contribution in [0.15, 0.2) is 44.4 Å². The van der Waals surface area contributed by atoms with Gasteiger partial charge in [-0.25, -0.2) is 22.5 Å². The van der Waals surface area contributed by atoms with Gasteiger partial charge in [0.25, 0.3) is 0 Å². The van der Waals surface area contributed by atoms with E-state index in [0.717, 1.165) is 20.7 Å². The average Bonchev–Trinajstić information content (AvgIpc) is 3.17. The maximum Gasteiger partial charge on any atom is 0.250 e. The van der Waals surface area contributed by atoms with E-state index in [4.69, 9.17) is 0 Å². The maximum absolute atomic E-state index is 13.2. The number of nitrogens with one attached hydrogen (secondary N) is 2. The minimum absolute atomic E-state index is 0.190. The minimum atomic E-state index is -3.53. The molecule has 0 unspecified atom stereocenters. The molecular weight excluding hydrogens is 431 g/mol. The molecule has 2 N–H and O–H groups in total. The molecule has 132 valence electrons. The zero-order valence-electron chi connectivity index (χ0n) is 12.9. The molecule has 0 aliphatic carbocycles. The summed E-state index contributed by atoms with van der Waals surface area (Å²) in [6.45, 7) is 0.190. The predicted octanol–water partition coefficient (Wildman–Crippen LogP) is 2.88. The molecule has 6 nitrogen and oxygen atoms in total. The first-order chi connectivity index (χ1) is 11.9. The molecule has 0 aliphatic heterocycles. The first-order valence-electron chi connectivity index (χ1n) is 7.32. The molecule has 0 bridgehead atoms. The smallest absolute Gasteiger partial charge is 0.250 e. The summed E-state index contributed by atoms with van der Waals surface area (Å²) in [6, 6.07) is 9.50. The van der Waals surface area contributed by atoms with E-state index in [1.165, 1.54) is 12.1 Å². The molecule has 0 saturated carbocycles. The number of thiophene rings is 1. The summed E-state index contributed by atoms with van der Waals surface area (Å²) in [7, 11) is -3.53. The largest absolute Gasteiger partial charge is 0.263 e. The van der Waals surface area contributed by atoms with Crippen LogP contribution in [0.1, 0.15) is 17.2 Å². The zero-order valence-corrected chi connectivity index (χ0v) is 16.1. The van der Waals surface area contributed by atoms with E-state index in [-0.39, 0.29) is 16.6 Å². The number of nitrogens with zero attached hydrogens (tertiary/aromatic N) is 2. The Kier molecular flexibility index (Phi) is 5.62. The lowest BCUT2D eigenvalue weighted by atomic mass is 10.1. The average molecular weight is 445 g/mol. The fourth-order valence-electron chi connectivity index (χ4n) is 2.18. The molecule has 0 spiro atoms. The number of benzene rings is 1. The highest BCUT2D eigenvalue weighted by molar-refractivity contribution is 9.11. The number of H-pyrrole nitrogens is 1. The Balaban J connectivity index is 1.55. The van der Waals surface area contributed by atoms with Crippen LogP contribution < -0.4 is 4.72 Å². The summed E-state index contributed by atoms with van der Waals surface area (Å²) in [4.78, 5) is 4.30. The number of hydrogen-bond acceptors (Lipinski definition) is 5. The topological polar surface area (TPSA) is 87.7 Å². The zero-order chi connectivity index (χ0) is 17.9. The molecule has 25 heavy (non-hydrogen) atoms. The van der Waals surface area contributed by atoms with Gasteiger partial charge in [0.05, 0.1) is 3.79 Å². The van der Waals surface area contributed by atoms with Crippen molar-refractivity contribution in [2.45, 2.75) is 17.1 Å². The van der Waals surface area contributed by atoms with Crippen LogP contribution in [-0.4, -0.2) is 30.1 Å². The quantitative estimate of drug-likeness (QED) is 0.586. The second-order valence-corrected chi connectivity index (χ2v) is 9.67. The number of sulfonamides is 1. The molecule has 10 heteroatoms. The first kappa shape index (κ1) is 18.2. The lowest BCUT2D eigenvalue weighted by molar-refractivity contribution is 0.583. The molecule has 0 radical (unpaired) electrons. The van der Waals surface area contributed by atoms with Crippen molar-refractivity contribution in [3.8, 4) is 0 Å². The van der Waals surface area contributed by atoms with E-state index in [1.54, 1.807) is 24.3 Å². The number of rotatable bonds is 7. The molecule has 1 aromatic carbocycles. The Morgan fingerprint density at radius 1 is 1.28 bits per heavy atom. The van der Waals surface area contributed by atoms with Crippen molar-refractivity contribution in [3.05, 3.63) is 63.2 Å². The van der Waals surface area contributed by atoms with Gasteiger partial charge in [-0.2, -0.15) is 5.10 Å². The van der Waals surface area contributed by atoms with Crippen LogP contribution in [0.25, 0.3) is 0 Å². The molecule has 2 heterocycles. The lowest BCUT2D eigenvalue weighted by Gasteiger charge is -2.02. The van der Waals surface area contributed by atoms with Gasteiger partial charge in [-0.1, -0.05) is 12.1 Å². The van der Waals surface area contributed by atoms with E-state index >= 15 is 0 Å². The summed E-state index contributed by atoms with van der Waals surface area (Å²) in [5, 5.41) is 6.85. The third kappa shape index (κ3) is 4.94. The van der Waals surface area contributed by atoms with Crippen molar-refractivity contribution < 1.29 is 12.8 Å². The van der Waals surface area contributed by atoms with Crippen molar-refractivity contribution in [3.63, 3.8) is 0 Å². The predicted molar refractivity (Wildman–Crippen MR) is 96.5 cm³/mol. The van der Waals surface area contributed by atoms with Crippen LogP contribution in [0.4, 0.5) is 4.39 Å².